The fourth-order valence-electron chi connectivity index (χ4n) is 4.43. The molecule has 1 saturated carbocycles. The molecule has 3 heterocycles. The van der Waals surface area contributed by atoms with Crippen LogP contribution in [0.2, 0.25) is 5.02 Å². The summed E-state index contributed by atoms with van der Waals surface area (Å²) in [4.78, 5) is 35.8. The number of carbonyl (C=O) groups is 2. The molecule has 0 unspecified atom stereocenters. The summed E-state index contributed by atoms with van der Waals surface area (Å²) in [5.74, 6) is -0.377. The number of rotatable bonds is 9. The van der Waals surface area contributed by atoms with Gasteiger partial charge in [0.05, 0.1) is 27.3 Å². The highest BCUT2D eigenvalue weighted by Crippen LogP contribution is 2.30. The van der Waals surface area contributed by atoms with Crippen LogP contribution < -0.4 is 16.0 Å². The van der Waals surface area contributed by atoms with Crippen molar-refractivity contribution in [1.29, 1.82) is 0 Å². The minimum absolute atomic E-state index is 0.0625. The first-order chi connectivity index (χ1) is 17.3. The molecule has 0 saturated heterocycles. The maximum atomic E-state index is 13.2. The highest BCUT2D eigenvalue weighted by atomic mass is 35.5. The number of amides is 2. The van der Waals surface area contributed by atoms with Gasteiger partial charge < -0.3 is 21.1 Å². The van der Waals surface area contributed by atoms with E-state index in [1.54, 1.807) is 18.3 Å². The summed E-state index contributed by atoms with van der Waals surface area (Å²) < 4.78 is 0. The van der Waals surface area contributed by atoms with Crippen molar-refractivity contribution in [3.63, 3.8) is 0 Å². The van der Waals surface area contributed by atoms with Crippen molar-refractivity contribution in [2.24, 2.45) is 5.92 Å². The van der Waals surface area contributed by atoms with Crippen molar-refractivity contribution in [3.8, 4) is 5.88 Å². The Balaban J connectivity index is 1.44. The average molecular weight is 528 g/mol. The fraction of sp³-hybridized carbons (Fsp3) is 0.385. The minimum Gasteiger partial charge on any atom is -0.493 e. The fourth-order valence-corrected chi connectivity index (χ4v) is 5.50. The van der Waals surface area contributed by atoms with Gasteiger partial charge in [-0.2, -0.15) is 0 Å². The molecule has 3 aromatic rings. The normalized spacial score (nSPS) is 15.3. The molecular weight excluding hydrogens is 498 g/mol. The summed E-state index contributed by atoms with van der Waals surface area (Å²) in [5, 5.41) is 19.3. The summed E-state index contributed by atoms with van der Waals surface area (Å²) >= 11 is 7.46. The first-order valence-corrected chi connectivity index (χ1v) is 13.2. The number of nitrogens with one attached hydrogen (secondary N) is 3. The van der Waals surface area contributed by atoms with Gasteiger partial charge >= 0.3 is 0 Å². The highest BCUT2D eigenvalue weighted by molar-refractivity contribution is 7.14. The summed E-state index contributed by atoms with van der Waals surface area (Å²) in [5.41, 5.74) is 2.11. The first-order valence-electron chi connectivity index (χ1n) is 12.0. The summed E-state index contributed by atoms with van der Waals surface area (Å²) in [6, 6.07) is 7.76. The van der Waals surface area contributed by atoms with Crippen molar-refractivity contribution in [2.75, 3.05) is 10.6 Å². The lowest BCUT2D eigenvalue weighted by molar-refractivity contribution is -0.118. The number of aryl methyl sites for hydroxylation is 1. The van der Waals surface area contributed by atoms with Crippen LogP contribution in [0.4, 0.5) is 11.4 Å². The van der Waals surface area contributed by atoms with Crippen LogP contribution >= 0.6 is 22.9 Å². The van der Waals surface area contributed by atoms with Crippen LogP contribution in [0.25, 0.3) is 0 Å². The number of anilines is 2. The Labute approximate surface area is 219 Å². The molecule has 0 radical (unpaired) electrons. The van der Waals surface area contributed by atoms with Crippen molar-refractivity contribution in [1.82, 2.24) is 15.3 Å². The lowest BCUT2D eigenvalue weighted by atomic mass is 9.97. The van der Waals surface area contributed by atoms with Crippen LogP contribution in [0.5, 0.6) is 5.88 Å². The number of pyridine rings is 2. The van der Waals surface area contributed by atoms with E-state index < -0.39 is 6.04 Å². The predicted octanol–water partition coefficient (Wildman–Crippen LogP) is 5.70. The second kappa shape index (κ2) is 11.7. The Hall–Kier alpha value is -3.17. The molecule has 10 heteroatoms. The third-order valence-electron chi connectivity index (χ3n) is 6.38. The van der Waals surface area contributed by atoms with Gasteiger partial charge in [0.25, 0.3) is 5.91 Å². The van der Waals surface area contributed by atoms with Crippen LogP contribution in [0, 0.1) is 12.8 Å². The summed E-state index contributed by atoms with van der Waals surface area (Å²) in [6.45, 7) is 3.91. The number of aromatic hydroxyl groups is 1. The molecule has 0 aliphatic heterocycles. The molecule has 8 nitrogen and oxygen atoms in total. The quantitative estimate of drug-likeness (QED) is 0.284. The second-order valence-electron chi connectivity index (χ2n) is 9.16. The zero-order valence-electron chi connectivity index (χ0n) is 20.3. The van der Waals surface area contributed by atoms with E-state index in [1.807, 2.05) is 26.0 Å². The molecule has 2 atom stereocenters. The molecule has 0 spiro atoms. The zero-order chi connectivity index (χ0) is 25.7. The van der Waals surface area contributed by atoms with Gasteiger partial charge in [-0.15, -0.1) is 11.3 Å². The van der Waals surface area contributed by atoms with E-state index in [4.69, 9.17) is 11.6 Å². The number of nitrogens with zero attached hydrogens (tertiary/aromatic N) is 2. The SMILES string of the molecule is Cc1ncc(Cl)cc1N[C@@H](C)c1ccc(C(=O)N[C@@H](CC2CCCC2)C(=O)Nc2ccnc(O)c2)s1. The van der Waals surface area contributed by atoms with E-state index in [2.05, 4.69) is 25.9 Å². The number of hydrogen-bond donors (Lipinski definition) is 4. The molecule has 2 amide bonds. The van der Waals surface area contributed by atoms with E-state index in [0.29, 0.717) is 27.9 Å². The van der Waals surface area contributed by atoms with E-state index in [1.165, 1.54) is 23.6 Å². The molecule has 0 bridgehead atoms. The van der Waals surface area contributed by atoms with Gasteiger partial charge in [0.2, 0.25) is 11.8 Å². The lowest BCUT2D eigenvalue weighted by Crippen LogP contribution is -2.44. The number of thiophene rings is 1. The smallest absolute Gasteiger partial charge is 0.262 e. The van der Waals surface area contributed by atoms with Crippen molar-refractivity contribution >= 4 is 46.1 Å². The Bertz CT molecular complexity index is 1230. The van der Waals surface area contributed by atoms with Crippen LogP contribution in [-0.4, -0.2) is 32.9 Å². The van der Waals surface area contributed by atoms with E-state index in [9.17, 15) is 14.7 Å². The molecule has 36 heavy (non-hydrogen) atoms. The summed E-state index contributed by atoms with van der Waals surface area (Å²) in [6.07, 6.45) is 8.00. The molecular formula is C26H30ClN5O3S. The minimum atomic E-state index is -0.683. The van der Waals surface area contributed by atoms with Crippen molar-refractivity contribution in [3.05, 3.63) is 63.2 Å². The largest absolute Gasteiger partial charge is 0.493 e. The molecule has 4 N–H and O–H groups in total. The van der Waals surface area contributed by atoms with Gasteiger partial charge in [0.15, 0.2) is 0 Å². The predicted molar refractivity (Wildman–Crippen MR) is 143 cm³/mol. The zero-order valence-corrected chi connectivity index (χ0v) is 21.8. The molecule has 1 aliphatic carbocycles. The Morgan fingerprint density at radius 3 is 2.72 bits per heavy atom. The van der Waals surface area contributed by atoms with Gasteiger partial charge in [0.1, 0.15) is 6.04 Å². The lowest BCUT2D eigenvalue weighted by Gasteiger charge is -2.21. The van der Waals surface area contributed by atoms with Gasteiger partial charge in [0, 0.05) is 29.0 Å². The maximum absolute atomic E-state index is 13.2. The molecule has 1 fully saturated rings. The van der Waals surface area contributed by atoms with Gasteiger partial charge in [-0.05, 0) is 50.5 Å². The van der Waals surface area contributed by atoms with E-state index in [0.717, 1.165) is 41.9 Å². The van der Waals surface area contributed by atoms with E-state index in [-0.39, 0.29) is 23.7 Å². The van der Waals surface area contributed by atoms with Gasteiger partial charge in [-0.25, -0.2) is 4.98 Å². The summed E-state index contributed by atoms with van der Waals surface area (Å²) in [7, 11) is 0. The van der Waals surface area contributed by atoms with E-state index >= 15 is 0 Å². The standard InChI is InChI=1S/C26H30ClN5O3S/c1-15-20(12-18(27)14-29-15)30-16(2)22-7-8-23(36-22)26(35)32-21(11-17-5-3-4-6-17)25(34)31-19-9-10-28-24(33)13-19/h7-10,12-14,16-17,21,30H,3-6,11H2,1-2H3,(H,32,35)(H2,28,31,33,34)/t16-,21-/m0/s1. The van der Waals surface area contributed by atoms with Crippen LogP contribution in [0.3, 0.4) is 0 Å². The molecule has 3 aromatic heterocycles. The van der Waals surface area contributed by atoms with Crippen molar-refractivity contribution < 1.29 is 14.7 Å². The molecule has 1 aliphatic rings. The Morgan fingerprint density at radius 1 is 1.19 bits per heavy atom. The van der Waals surface area contributed by atoms with Crippen molar-refractivity contribution in [2.45, 2.75) is 58.0 Å². The topological polar surface area (TPSA) is 116 Å². The number of aromatic nitrogens is 2. The third kappa shape index (κ3) is 6.73. The average Bonchev–Trinajstić information content (AvgIpc) is 3.53. The second-order valence-corrected chi connectivity index (χ2v) is 10.7. The number of carbonyl (C=O) groups excluding carboxylic acids is 2. The van der Waals surface area contributed by atoms with Crippen LogP contribution in [-0.2, 0) is 4.79 Å². The van der Waals surface area contributed by atoms with Gasteiger partial charge in [-0.3, -0.25) is 14.6 Å². The number of hydrogen-bond acceptors (Lipinski definition) is 7. The van der Waals surface area contributed by atoms with Crippen LogP contribution in [0.1, 0.15) is 65.3 Å². The highest BCUT2D eigenvalue weighted by Gasteiger charge is 2.28. The first kappa shape index (κ1) is 25.9. The van der Waals surface area contributed by atoms with Gasteiger partial charge in [-0.1, -0.05) is 37.3 Å². The monoisotopic (exact) mass is 527 g/mol. The molecule has 190 valence electrons. The van der Waals surface area contributed by atoms with Crippen LogP contribution in [0.15, 0.2) is 42.7 Å². The maximum Gasteiger partial charge on any atom is 0.262 e. The third-order valence-corrected chi connectivity index (χ3v) is 7.85. The molecule has 4 rings (SSSR count). The number of halogens is 1. The Morgan fingerprint density at radius 2 is 1.97 bits per heavy atom. The Kier molecular flexibility index (Phi) is 8.43. The molecule has 0 aromatic carbocycles.